The van der Waals surface area contributed by atoms with Crippen molar-refractivity contribution in [2.75, 3.05) is 5.32 Å². The van der Waals surface area contributed by atoms with E-state index in [1.807, 2.05) is 55.7 Å². The Morgan fingerprint density at radius 2 is 1.67 bits per heavy atom. The number of nitrogens with one attached hydrogen (secondary N) is 1. The van der Waals surface area contributed by atoms with Crippen LogP contribution in [0.15, 0.2) is 73.1 Å². The van der Waals surface area contributed by atoms with Crippen LogP contribution in [0.25, 0.3) is 11.5 Å². The van der Waals surface area contributed by atoms with Crippen molar-refractivity contribution >= 4 is 46.0 Å². The minimum absolute atomic E-state index is 0.0100. The number of para-hydroxylation sites is 1. The number of benzene rings is 2. The lowest BCUT2D eigenvalue weighted by molar-refractivity contribution is -0.577. The van der Waals surface area contributed by atoms with Crippen molar-refractivity contribution in [3.05, 3.63) is 94.8 Å². The van der Waals surface area contributed by atoms with Crippen molar-refractivity contribution < 1.29 is 9.67 Å². The first kappa shape index (κ1) is 22.0. The highest BCUT2D eigenvalue weighted by molar-refractivity contribution is 7.81. The Kier molecular flexibility index (Phi) is 6.59. The Morgan fingerprint density at radius 1 is 1.00 bits per heavy atom. The van der Waals surface area contributed by atoms with Crippen LogP contribution in [0.4, 0.5) is 5.69 Å². The highest BCUT2D eigenvalue weighted by atomic mass is 35.5. The summed E-state index contributed by atoms with van der Waals surface area (Å²) in [5.74, 6) is -0.197. The Bertz CT molecular complexity index is 1100. The fraction of sp³-hybridized carbons (Fsp3) is 0.200. The molecule has 0 atom stereocenters. The first-order valence-corrected chi connectivity index (χ1v) is 10.5. The molecule has 0 fully saturated rings. The van der Waals surface area contributed by atoms with Crippen molar-refractivity contribution in [3.8, 4) is 0 Å². The molecule has 0 saturated carbocycles. The standard InChI is InChI=1S/C25H25ClN2OS/c1-17-8-5-6-11-21(17)27-24(30)22(23(29)18-9-7-10-20(26)16-18)28-14-12-19(13-15-28)25(2,3)4/h5-16H,1-4H3,(H-,27,29,30). The maximum atomic E-state index is 13.5. The van der Waals surface area contributed by atoms with Gasteiger partial charge in [-0.05, 0) is 53.0 Å². The minimum atomic E-state index is -0.197. The number of nitrogens with zero attached hydrogens (tertiary/aromatic N) is 1. The van der Waals surface area contributed by atoms with Gasteiger partial charge in [-0.15, -0.1) is 0 Å². The summed E-state index contributed by atoms with van der Waals surface area (Å²) < 4.78 is 1.77. The smallest absolute Gasteiger partial charge is 0.238 e. The van der Waals surface area contributed by atoms with Crippen LogP contribution in [-0.4, -0.2) is 4.99 Å². The third-order valence-electron chi connectivity index (χ3n) is 4.86. The normalized spacial score (nSPS) is 12.3. The van der Waals surface area contributed by atoms with Gasteiger partial charge in [0.15, 0.2) is 17.4 Å². The zero-order valence-electron chi connectivity index (χ0n) is 17.6. The average molecular weight is 437 g/mol. The quantitative estimate of drug-likeness (QED) is 0.259. The van der Waals surface area contributed by atoms with Crippen molar-refractivity contribution in [2.45, 2.75) is 33.1 Å². The second-order valence-corrected chi connectivity index (χ2v) is 9.05. The Morgan fingerprint density at radius 3 is 2.27 bits per heavy atom. The van der Waals surface area contributed by atoms with Gasteiger partial charge in [0.05, 0.1) is 0 Å². The molecule has 154 valence electrons. The van der Waals surface area contributed by atoms with Crippen molar-refractivity contribution in [3.63, 3.8) is 0 Å². The molecule has 30 heavy (non-hydrogen) atoms. The molecule has 3 aromatic rings. The van der Waals surface area contributed by atoms with E-state index in [1.54, 1.807) is 28.8 Å². The first-order chi connectivity index (χ1) is 14.2. The summed E-state index contributed by atoms with van der Waals surface area (Å²) in [4.78, 5) is 0.350. The molecule has 0 spiro atoms. The van der Waals surface area contributed by atoms with Gasteiger partial charge in [0.25, 0.3) is 0 Å². The summed E-state index contributed by atoms with van der Waals surface area (Å²) in [6, 6.07) is 18.8. The van der Waals surface area contributed by atoms with Crippen LogP contribution in [0.3, 0.4) is 0 Å². The molecule has 0 bridgehead atoms. The Balaban J connectivity index is 2.10. The molecule has 3 nitrogen and oxygen atoms in total. The van der Waals surface area contributed by atoms with E-state index in [-0.39, 0.29) is 11.2 Å². The van der Waals surface area contributed by atoms with Crippen LogP contribution in [0.2, 0.25) is 5.02 Å². The van der Waals surface area contributed by atoms with Gasteiger partial charge in [-0.3, -0.25) is 0 Å². The maximum absolute atomic E-state index is 13.5. The second-order valence-electron chi connectivity index (χ2n) is 8.20. The molecule has 0 amide bonds. The molecule has 5 heteroatoms. The molecule has 0 saturated heterocycles. The number of halogens is 1. The second kappa shape index (κ2) is 8.99. The zero-order valence-corrected chi connectivity index (χ0v) is 19.1. The highest BCUT2D eigenvalue weighted by Gasteiger charge is 2.21. The van der Waals surface area contributed by atoms with Gasteiger partial charge >= 0.3 is 0 Å². The van der Waals surface area contributed by atoms with E-state index in [4.69, 9.17) is 23.8 Å². The largest absolute Gasteiger partial charge is 0.867 e. The Hall–Kier alpha value is -2.69. The minimum Gasteiger partial charge on any atom is -0.867 e. The number of anilines is 1. The fourth-order valence-corrected chi connectivity index (χ4v) is 3.57. The number of rotatable bonds is 4. The highest BCUT2D eigenvalue weighted by Crippen LogP contribution is 2.23. The van der Waals surface area contributed by atoms with Crippen molar-refractivity contribution in [2.24, 2.45) is 0 Å². The van der Waals surface area contributed by atoms with Crippen molar-refractivity contribution in [1.29, 1.82) is 0 Å². The molecule has 0 radical (unpaired) electrons. The molecule has 1 heterocycles. The first-order valence-electron chi connectivity index (χ1n) is 9.73. The Labute approximate surface area is 188 Å². The summed E-state index contributed by atoms with van der Waals surface area (Å²) in [6.07, 6.45) is 3.76. The number of hydrogen-bond donors (Lipinski definition) is 1. The van der Waals surface area contributed by atoms with Crippen LogP contribution in [0.5, 0.6) is 0 Å². The van der Waals surface area contributed by atoms with Crippen LogP contribution in [0.1, 0.15) is 37.5 Å². The molecule has 0 aliphatic rings. The lowest BCUT2D eigenvalue weighted by atomic mass is 9.88. The van der Waals surface area contributed by atoms with E-state index in [2.05, 4.69) is 26.1 Å². The predicted molar refractivity (Wildman–Crippen MR) is 127 cm³/mol. The molecule has 0 unspecified atom stereocenters. The predicted octanol–water partition coefficient (Wildman–Crippen LogP) is 5.36. The van der Waals surface area contributed by atoms with Gasteiger partial charge < -0.3 is 10.4 Å². The van der Waals surface area contributed by atoms with Gasteiger partial charge in [-0.25, -0.2) is 0 Å². The summed E-state index contributed by atoms with van der Waals surface area (Å²) in [7, 11) is 0. The molecule has 3 rings (SSSR count). The molecular weight excluding hydrogens is 412 g/mol. The van der Waals surface area contributed by atoms with E-state index in [0.29, 0.717) is 21.3 Å². The SMILES string of the molecule is Cc1ccccc1NC(=S)C(=C([O-])c1cccc(Cl)c1)[n+]1ccc(C(C)(C)C)cc1. The van der Waals surface area contributed by atoms with Gasteiger partial charge in [-0.1, -0.05) is 74.9 Å². The third kappa shape index (κ3) is 5.07. The van der Waals surface area contributed by atoms with E-state index >= 15 is 0 Å². The van der Waals surface area contributed by atoms with E-state index < -0.39 is 0 Å². The summed E-state index contributed by atoms with van der Waals surface area (Å²) in [5, 5.41) is 17.2. The molecule has 1 aromatic heterocycles. The number of aryl methyl sites for hydroxylation is 1. The molecular formula is C25H25ClN2OS. The van der Waals surface area contributed by atoms with Crippen LogP contribution in [-0.2, 0) is 5.41 Å². The summed E-state index contributed by atoms with van der Waals surface area (Å²) in [6.45, 7) is 8.45. The maximum Gasteiger partial charge on any atom is 0.238 e. The average Bonchev–Trinajstić information content (AvgIpc) is 2.69. The number of aromatic nitrogens is 1. The lowest BCUT2D eigenvalue weighted by Crippen LogP contribution is -2.40. The van der Waals surface area contributed by atoms with E-state index in [0.717, 1.165) is 11.3 Å². The third-order valence-corrected chi connectivity index (χ3v) is 5.39. The van der Waals surface area contributed by atoms with E-state index in [9.17, 15) is 5.11 Å². The summed E-state index contributed by atoms with van der Waals surface area (Å²) >= 11 is 11.8. The fourth-order valence-electron chi connectivity index (χ4n) is 3.07. The van der Waals surface area contributed by atoms with E-state index in [1.165, 1.54) is 5.56 Å². The molecule has 2 aromatic carbocycles. The lowest BCUT2D eigenvalue weighted by Gasteiger charge is -2.20. The number of thiocarbonyl (C=S) groups is 1. The topological polar surface area (TPSA) is 39.0 Å². The monoisotopic (exact) mass is 436 g/mol. The number of hydrogen-bond acceptors (Lipinski definition) is 2. The van der Waals surface area contributed by atoms with Gasteiger partial charge in [0, 0.05) is 22.8 Å². The van der Waals surface area contributed by atoms with Crippen LogP contribution >= 0.6 is 23.8 Å². The van der Waals surface area contributed by atoms with Gasteiger partial charge in [0.2, 0.25) is 5.70 Å². The molecule has 0 aliphatic heterocycles. The van der Waals surface area contributed by atoms with Crippen molar-refractivity contribution in [1.82, 2.24) is 0 Å². The molecule has 1 N–H and O–H groups in total. The van der Waals surface area contributed by atoms with Crippen LogP contribution < -0.4 is 15.0 Å². The zero-order chi connectivity index (χ0) is 21.9. The number of pyridine rings is 1. The van der Waals surface area contributed by atoms with Gasteiger partial charge in [-0.2, -0.15) is 4.57 Å². The van der Waals surface area contributed by atoms with Crippen LogP contribution in [0, 0.1) is 6.92 Å². The molecule has 0 aliphatic carbocycles. The van der Waals surface area contributed by atoms with Gasteiger partial charge in [0.1, 0.15) is 0 Å². The summed E-state index contributed by atoms with van der Waals surface area (Å²) in [5.41, 5.74) is 3.95.